The number of nitrogens with zero attached hydrogens (tertiary/aromatic N) is 4. The number of aromatic nitrogens is 3. The monoisotopic (exact) mass is 330 g/mol. The highest BCUT2D eigenvalue weighted by molar-refractivity contribution is 5.77. The van der Waals surface area contributed by atoms with E-state index in [2.05, 4.69) is 10.3 Å². The summed E-state index contributed by atoms with van der Waals surface area (Å²) < 4.78 is 7.45. The maximum absolute atomic E-state index is 12.6. The SMILES string of the molecule is CCCC(=O)N1CCCC[C@@H]1c1c(-c2onc(C)c2C)cnn1C. The zero-order chi connectivity index (χ0) is 17.3. The molecule has 2 aromatic heterocycles. The van der Waals surface area contributed by atoms with Crippen LogP contribution in [0.15, 0.2) is 10.7 Å². The van der Waals surface area contributed by atoms with Crippen LogP contribution in [0.4, 0.5) is 0 Å². The van der Waals surface area contributed by atoms with Gasteiger partial charge in [0, 0.05) is 25.6 Å². The standard InChI is InChI=1S/C18H26N4O2/c1-5-8-16(23)22-10-7-6-9-15(22)17-14(11-19-21(17)4)18-12(2)13(3)20-24-18/h11,15H,5-10H2,1-4H3/t15-/m1/s1. The maximum atomic E-state index is 12.6. The van der Waals surface area contributed by atoms with Gasteiger partial charge in [0.25, 0.3) is 0 Å². The molecule has 0 radical (unpaired) electrons. The van der Waals surface area contributed by atoms with Crippen molar-refractivity contribution in [1.29, 1.82) is 0 Å². The van der Waals surface area contributed by atoms with Gasteiger partial charge in [-0.3, -0.25) is 9.48 Å². The molecule has 1 fully saturated rings. The van der Waals surface area contributed by atoms with Crippen molar-refractivity contribution in [1.82, 2.24) is 19.8 Å². The molecule has 1 aliphatic heterocycles. The van der Waals surface area contributed by atoms with Crippen LogP contribution in [0, 0.1) is 13.8 Å². The summed E-state index contributed by atoms with van der Waals surface area (Å²) in [6.45, 7) is 6.82. The Balaban J connectivity index is 2.03. The molecule has 0 saturated carbocycles. The fourth-order valence-electron chi connectivity index (χ4n) is 3.56. The first-order valence-corrected chi connectivity index (χ1v) is 8.79. The quantitative estimate of drug-likeness (QED) is 0.860. The van der Waals surface area contributed by atoms with Crippen LogP contribution in [0.25, 0.3) is 11.3 Å². The van der Waals surface area contributed by atoms with Crippen molar-refractivity contribution in [2.24, 2.45) is 7.05 Å². The normalized spacial score (nSPS) is 18.2. The number of carbonyl (C=O) groups is 1. The topological polar surface area (TPSA) is 64.2 Å². The number of rotatable bonds is 4. The van der Waals surface area contributed by atoms with Gasteiger partial charge < -0.3 is 9.42 Å². The van der Waals surface area contributed by atoms with E-state index in [1.165, 1.54) is 0 Å². The molecule has 1 aliphatic rings. The fraction of sp³-hybridized carbons (Fsp3) is 0.611. The lowest BCUT2D eigenvalue weighted by atomic mass is 9.94. The number of hydrogen-bond donors (Lipinski definition) is 0. The van der Waals surface area contributed by atoms with Crippen LogP contribution in [0.5, 0.6) is 0 Å². The first kappa shape index (κ1) is 16.7. The molecule has 6 nitrogen and oxygen atoms in total. The van der Waals surface area contributed by atoms with E-state index in [0.717, 1.165) is 60.5 Å². The van der Waals surface area contributed by atoms with E-state index < -0.39 is 0 Å². The summed E-state index contributed by atoms with van der Waals surface area (Å²) in [5.74, 6) is 1.00. The Morgan fingerprint density at radius 3 is 2.83 bits per heavy atom. The molecule has 0 spiro atoms. The Morgan fingerprint density at radius 2 is 2.17 bits per heavy atom. The molecule has 2 aromatic rings. The summed E-state index contributed by atoms with van der Waals surface area (Å²) in [5.41, 5.74) is 3.93. The lowest BCUT2D eigenvalue weighted by Crippen LogP contribution is -2.39. The van der Waals surface area contributed by atoms with Gasteiger partial charge in [-0.1, -0.05) is 12.1 Å². The number of carbonyl (C=O) groups excluding carboxylic acids is 1. The van der Waals surface area contributed by atoms with Gasteiger partial charge in [0.05, 0.1) is 29.2 Å². The first-order chi connectivity index (χ1) is 11.5. The third-order valence-electron chi connectivity index (χ3n) is 4.99. The predicted molar refractivity (Wildman–Crippen MR) is 91.4 cm³/mol. The van der Waals surface area contributed by atoms with Gasteiger partial charge in [0.2, 0.25) is 5.91 Å². The summed E-state index contributed by atoms with van der Waals surface area (Å²) in [6.07, 6.45) is 6.47. The lowest BCUT2D eigenvalue weighted by Gasteiger charge is -2.36. The van der Waals surface area contributed by atoms with Gasteiger partial charge in [0.1, 0.15) is 0 Å². The van der Waals surface area contributed by atoms with Crippen molar-refractivity contribution in [3.63, 3.8) is 0 Å². The van der Waals surface area contributed by atoms with E-state index in [1.807, 2.05) is 43.6 Å². The van der Waals surface area contributed by atoms with Crippen LogP contribution >= 0.6 is 0 Å². The van der Waals surface area contributed by atoms with Gasteiger partial charge in [-0.15, -0.1) is 0 Å². The van der Waals surface area contributed by atoms with E-state index in [1.54, 1.807) is 0 Å². The van der Waals surface area contributed by atoms with Crippen molar-refractivity contribution < 1.29 is 9.32 Å². The van der Waals surface area contributed by atoms with Crippen molar-refractivity contribution in [3.8, 4) is 11.3 Å². The van der Waals surface area contributed by atoms with E-state index in [-0.39, 0.29) is 11.9 Å². The van der Waals surface area contributed by atoms with Crippen molar-refractivity contribution in [2.75, 3.05) is 6.54 Å². The minimum absolute atomic E-state index is 0.0603. The number of aryl methyl sites for hydroxylation is 2. The highest BCUT2D eigenvalue weighted by Gasteiger charge is 2.33. The second-order valence-electron chi connectivity index (χ2n) is 6.64. The van der Waals surface area contributed by atoms with Gasteiger partial charge in [-0.05, 0) is 39.5 Å². The van der Waals surface area contributed by atoms with E-state index in [9.17, 15) is 4.79 Å². The van der Waals surface area contributed by atoms with Crippen LogP contribution in [-0.2, 0) is 11.8 Å². The number of piperidine rings is 1. The van der Waals surface area contributed by atoms with Crippen molar-refractivity contribution in [3.05, 3.63) is 23.1 Å². The third-order valence-corrected chi connectivity index (χ3v) is 4.99. The molecule has 1 amide bonds. The molecule has 6 heteroatoms. The number of likely N-dealkylation sites (tertiary alicyclic amines) is 1. The average Bonchev–Trinajstić information content (AvgIpc) is 3.11. The van der Waals surface area contributed by atoms with E-state index >= 15 is 0 Å². The molecule has 24 heavy (non-hydrogen) atoms. The van der Waals surface area contributed by atoms with Crippen molar-refractivity contribution >= 4 is 5.91 Å². The van der Waals surface area contributed by atoms with Gasteiger partial charge in [-0.25, -0.2) is 0 Å². The summed E-state index contributed by atoms with van der Waals surface area (Å²) in [5, 5.41) is 8.53. The molecule has 1 saturated heterocycles. The van der Waals surface area contributed by atoms with Gasteiger partial charge in [0.15, 0.2) is 5.76 Å². The van der Waals surface area contributed by atoms with E-state index in [4.69, 9.17) is 4.52 Å². The Bertz CT molecular complexity index is 731. The largest absolute Gasteiger partial charge is 0.356 e. The maximum Gasteiger partial charge on any atom is 0.223 e. The Morgan fingerprint density at radius 1 is 1.38 bits per heavy atom. The van der Waals surface area contributed by atoms with Crippen LogP contribution < -0.4 is 0 Å². The number of amides is 1. The van der Waals surface area contributed by atoms with Crippen LogP contribution in [-0.4, -0.2) is 32.3 Å². The summed E-state index contributed by atoms with van der Waals surface area (Å²) in [6, 6.07) is 0.0603. The molecule has 0 aromatic carbocycles. The molecule has 0 N–H and O–H groups in total. The molecular formula is C18H26N4O2. The zero-order valence-corrected chi connectivity index (χ0v) is 15.0. The predicted octanol–water partition coefficient (Wildman–Crippen LogP) is 3.55. The minimum atomic E-state index is 0.0603. The fourth-order valence-corrected chi connectivity index (χ4v) is 3.56. The van der Waals surface area contributed by atoms with Crippen molar-refractivity contribution in [2.45, 2.75) is 58.9 Å². The third kappa shape index (κ3) is 2.85. The van der Waals surface area contributed by atoms with E-state index in [0.29, 0.717) is 6.42 Å². The summed E-state index contributed by atoms with van der Waals surface area (Å²) >= 11 is 0. The molecule has 130 valence electrons. The zero-order valence-electron chi connectivity index (χ0n) is 15.0. The Hall–Kier alpha value is -2.11. The van der Waals surface area contributed by atoms with Crippen LogP contribution in [0.2, 0.25) is 0 Å². The molecule has 0 unspecified atom stereocenters. The first-order valence-electron chi connectivity index (χ1n) is 8.79. The number of hydrogen-bond acceptors (Lipinski definition) is 4. The lowest BCUT2D eigenvalue weighted by molar-refractivity contribution is -0.135. The molecule has 1 atom stereocenters. The van der Waals surface area contributed by atoms with Gasteiger partial charge >= 0.3 is 0 Å². The molecule has 3 heterocycles. The smallest absolute Gasteiger partial charge is 0.223 e. The highest BCUT2D eigenvalue weighted by atomic mass is 16.5. The molecule has 3 rings (SSSR count). The molecule has 0 aliphatic carbocycles. The minimum Gasteiger partial charge on any atom is -0.356 e. The summed E-state index contributed by atoms with van der Waals surface area (Å²) in [4.78, 5) is 14.6. The second kappa shape index (κ2) is 6.79. The summed E-state index contributed by atoms with van der Waals surface area (Å²) in [7, 11) is 1.94. The van der Waals surface area contributed by atoms with Crippen LogP contribution in [0.3, 0.4) is 0 Å². The average molecular weight is 330 g/mol. The Labute approximate surface area is 142 Å². The molecule has 0 bridgehead atoms. The highest BCUT2D eigenvalue weighted by Crippen LogP contribution is 2.38. The van der Waals surface area contributed by atoms with Crippen LogP contribution in [0.1, 0.15) is 62.0 Å². The molecular weight excluding hydrogens is 304 g/mol. The second-order valence-corrected chi connectivity index (χ2v) is 6.64. The van der Waals surface area contributed by atoms with Gasteiger partial charge in [-0.2, -0.15) is 5.10 Å². The Kier molecular flexibility index (Phi) is 4.73.